The molecule has 8 heteroatoms. The highest BCUT2D eigenvalue weighted by atomic mass is 16.5. The minimum atomic E-state index is -0.221. The lowest BCUT2D eigenvalue weighted by Gasteiger charge is -2.05. The molecule has 0 aliphatic rings. The monoisotopic (exact) mass is 337 g/mol. The highest BCUT2D eigenvalue weighted by Crippen LogP contribution is 2.18. The summed E-state index contributed by atoms with van der Waals surface area (Å²) in [7, 11) is 4.31. The van der Waals surface area contributed by atoms with E-state index in [1.54, 1.807) is 6.08 Å². The van der Waals surface area contributed by atoms with Gasteiger partial charge in [0.2, 0.25) is 11.8 Å². The summed E-state index contributed by atoms with van der Waals surface area (Å²) < 4.78 is 14.6. The van der Waals surface area contributed by atoms with Crippen molar-refractivity contribution < 1.29 is 23.8 Å². The van der Waals surface area contributed by atoms with Gasteiger partial charge >= 0.3 is 12.0 Å². The van der Waals surface area contributed by atoms with Crippen LogP contribution in [0.15, 0.2) is 12.3 Å². The van der Waals surface area contributed by atoms with Gasteiger partial charge in [-0.2, -0.15) is 4.98 Å². The van der Waals surface area contributed by atoms with Gasteiger partial charge in [0.15, 0.2) is 0 Å². The normalized spacial score (nSPS) is 10.5. The van der Waals surface area contributed by atoms with E-state index in [0.29, 0.717) is 24.4 Å². The molecule has 1 heterocycles. The largest absolute Gasteiger partial charge is 0.480 e. The molecule has 1 N–H and O–H groups in total. The number of ether oxygens (including phenoxy) is 3. The van der Waals surface area contributed by atoms with E-state index in [9.17, 15) is 9.59 Å². The van der Waals surface area contributed by atoms with Crippen LogP contribution >= 0.6 is 0 Å². The van der Waals surface area contributed by atoms with E-state index < -0.39 is 0 Å². The first-order valence-corrected chi connectivity index (χ1v) is 7.58. The van der Waals surface area contributed by atoms with Crippen molar-refractivity contribution in [2.24, 2.45) is 0 Å². The number of amides is 1. The maximum absolute atomic E-state index is 11.7. The quantitative estimate of drug-likeness (QED) is 0.391. The van der Waals surface area contributed by atoms with Crippen molar-refractivity contribution in [3.8, 4) is 11.9 Å². The van der Waals surface area contributed by atoms with Crippen LogP contribution in [0.4, 0.5) is 0 Å². The second-order valence-corrected chi connectivity index (χ2v) is 4.83. The summed E-state index contributed by atoms with van der Waals surface area (Å²) in [6.45, 7) is 0.542. The number of esters is 1. The van der Waals surface area contributed by atoms with E-state index in [1.165, 1.54) is 33.6 Å². The van der Waals surface area contributed by atoms with E-state index in [-0.39, 0.29) is 17.9 Å². The summed E-state index contributed by atoms with van der Waals surface area (Å²) in [4.78, 5) is 30.7. The number of hydrogen-bond donors (Lipinski definition) is 1. The molecule has 1 aromatic heterocycles. The summed E-state index contributed by atoms with van der Waals surface area (Å²) >= 11 is 0. The Morgan fingerprint density at radius 2 is 1.96 bits per heavy atom. The molecule has 0 unspecified atom stereocenters. The Balaban J connectivity index is 2.34. The van der Waals surface area contributed by atoms with Gasteiger partial charge in [0, 0.05) is 25.2 Å². The first-order chi connectivity index (χ1) is 11.6. The summed E-state index contributed by atoms with van der Waals surface area (Å²) in [5.74, 6) is -0.104. The van der Waals surface area contributed by atoms with Crippen LogP contribution in [0, 0.1) is 0 Å². The number of rotatable bonds is 10. The summed E-state index contributed by atoms with van der Waals surface area (Å²) in [5.41, 5.74) is 0.575. The third-order valence-corrected chi connectivity index (χ3v) is 3.13. The second kappa shape index (κ2) is 11.0. The highest BCUT2D eigenvalue weighted by Gasteiger charge is 2.06. The Bertz CT molecular complexity index is 575. The molecule has 0 aliphatic carbocycles. The fourth-order valence-electron chi connectivity index (χ4n) is 1.85. The molecular formula is C16H23N3O5. The molecule has 132 valence electrons. The van der Waals surface area contributed by atoms with Gasteiger partial charge < -0.3 is 19.5 Å². The topological polar surface area (TPSA) is 99.6 Å². The summed E-state index contributed by atoms with van der Waals surface area (Å²) in [6, 6.07) is 0.195. The van der Waals surface area contributed by atoms with Gasteiger partial charge in [-0.05, 0) is 18.9 Å². The van der Waals surface area contributed by atoms with Crippen LogP contribution in [-0.2, 0) is 14.3 Å². The van der Waals surface area contributed by atoms with Crippen molar-refractivity contribution in [1.82, 2.24) is 15.3 Å². The van der Waals surface area contributed by atoms with E-state index in [0.717, 1.165) is 19.3 Å². The van der Waals surface area contributed by atoms with Crippen molar-refractivity contribution in [1.29, 1.82) is 0 Å². The Morgan fingerprint density at radius 3 is 2.62 bits per heavy atom. The third-order valence-electron chi connectivity index (χ3n) is 3.13. The molecule has 1 rings (SSSR count). The zero-order chi connectivity index (χ0) is 17.8. The molecule has 1 aromatic rings. The van der Waals surface area contributed by atoms with Crippen LogP contribution in [0.5, 0.6) is 11.9 Å². The zero-order valence-corrected chi connectivity index (χ0v) is 14.2. The molecular weight excluding hydrogens is 314 g/mol. The number of nitrogens with one attached hydrogen (secondary N) is 1. The fraction of sp³-hybridized carbons (Fsp3) is 0.500. The minimum Gasteiger partial charge on any atom is -0.480 e. The number of aromatic nitrogens is 2. The first kappa shape index (κ1) is 19.4. The van der Waals surface area contributed by atoms with E-state index in [4.69, 9.17) is 9.47 Å². The lowest BCUT2D eigenvalue weighted by atomic mass is 10.2. The van der Waals surface area contributed by atoms with Crippen molar-refractivity contribution in [3.05, 3.63) is 17.8 Å². The number of carbonyl (C=O) groups is 2. The summed E-state index contributed by atoms with van der Waals surface area (Å²) in [5, 5.41) is 2.77. The Kier molecular flexibility index (Phi) is 8.88. The lowest BCUT2D eigenvalue weighted by molar-refractivity contribution is -0.140. The molecule has 8 nitrogen and oxygen atoms in total. The minimum absolute atomic E-state index is 0.195. The molecule has 24 heavy (non-hydrogen) atoms. The van der Waals surface area contributed by atoms with Gasteiger partial charge in [0.05, 0.1) is 26.9 Å². The molecule has 0 aromatic carbocycles. The molecule has 1 amide bonds. The van der Waals surface area contributed by atoms with Crippen molar-refractivity contribution in [3.63, 3.8) is 0 Å². The van der Waals surface area contributed by atoms with Crippen LogP contribution in [-0.4, -0.2) is 49.7 Å². The average molecular weight is 337 g/mol. The van der Waals surface area contributed by atoms with Crippen molar-refractivity contribution >= 4 is 18.0 Å². The van der Waals surface area contributed by atoms with Crippen LogP contribution in [0.3, 0.4) is 0 Å². The van der Waals surface area contributed by atoms with Gasteiger partial charge in [-0.3, -0.25) is 9.59 Å². The number of nitrogens with zero attached hydrogens (tertiary/aromatic N) is 2. The molecule has 0 fully saturated rings. The van der Waals surface area contributed by atoms with Crippen molar-refractivity contribution in [2.45, 2.75) is 25.7 Å². The zero-order valence-electron chi connectivity index (χ0n) is 14.2. The smallest absolute Gasteiger partial charge is 0.319 e. The van der Waals surface area contributed by atoms with E-state index in [2.05, 4.69) is 20.0 Å². The highest BCUT2D eigenvalue weighted by molar-refractivity contribution is 5.91. The van der Waals surface area contributed by atoms with Gasteiger partial charge in [-0.1, -0.05) is 6.42 Å². The van der Waals surface area contributed by atoms with Crippen LogP contribution in [0.1, 0.15) is 31.2 Å². The fourth-order valence-corrected chi connectivity index (χ4v) is 1.85. The number of carbonyl (C=O) groups excluding carboxylic acids is 2. The predicted octanol–water partition coefficient (Wildman–Crippen LogP) is 1.36. The Hall–Kier alpha value is -2.64. The Morgan fingerprint density at radius 1 is 1.17 bits per heavy atom. The number of unbranched alkanes of at least 4 members (excludes halogenated alkanes) is 2. The van der Waals surface area contributed by atoms with Gasteiger partial charge in [-0.25, -0.2) is 4.98 Å². The molecule has 0 aliphatic heterocycles. The van der Waals surface area contributed by atoms with Crippen LogP contribution < -0.4 is 14.8 Å². The maximum Gasteiger partial charge on any atom is 0.319 e. The average Bonchev–Trinajstić information content (AvgIpc) is 2.62. The van der Waals surface area contributed by atoms with E-state index >= 15 is 0 Å². The number of hydrogen-bond acceptors (Lipinski definition) is 7. The summed E-state index contributed by atoms with van der Waals surface area (Å²) in [6.07, 6.45) is 7.28. The molecule has 0 radical (unpaired) electrons. The molecule has 0 spiro atoms. The number of methoxy groups -OCH3 is 3. The van der Waals surface area contributed by atoms with Crippen LogP contribution in [0.2, 0.25) is 0 Å². The molecule has 0 saturated carbocycles. The maximum atomic E-state index is 11.7. The van der Waals surface area contributed by atoms with E-state index in [1.807, 2.05) is 0 Å². The predicted molar refractivity (Wildman–Crippen MR) is 87.7 cm³/mol. The van der Waals surface area contributed by atoms with Crippen LogP contribution in [0.25, 0.3) is 6.08 Å². The SMILES string of the molecule is COC(=O)CCCCCNC(=O)C=Cc1cnc(OC)nc1OC. The van der Waals surface area contributed by atoms with Gasteiger partial charge in [-0.15, -0.1) is 0 Å². The van der Waals surface area contributed by atoms with Gasteiger partial charge in [0.1, 0.15) is 0 Å². The molecule has 0 bridgehead atoms. The van der Waals surface area contributed by atoms with Crippen molar-refractivity contribution in [2.75, 3.05) is 27.9 Å². The first-order valence-electron chi connectivity index (χ1n) is 7.58. The molecule has 0 atom stereocenters. The molecule has 0 saturated heterocycles. The Labute approximate surface area is 141 Å². The lowest BCUT2D eigenvalue weighted by Crippen LogP contribution is -2.22. The third kappa shape index (κ3) is 7.08. The second-order valence-electron chi connectivity index (χ2n) is 4.83. The standard InChI is InChI=1S/C16H23N3O5/c1-22-14(21)7-5-4-6-10-17-13(20)9-8-12-11-18-16(24-3)19-15(12)23-2/h8-9,11H,4-7,10H2,1-3H3,(H,17,20). The van der Waals surface area contributed by atoms with Gasteiger partial charge in [0.25, 0.3) is 0 Å².